The Balaban J connectivity index is 1.50. The molecule has 2 aromatic carbocycles. The van der Waals surface area contributed by atoms with E-state index in [0.29, 0.717) is 18.2 Å². The molecule has 0 aromatic heterocycles. The highest BCUT2D eigenvalue weighted by Crippen LogP contribution is 2.24. The standard InChI is InChI=1S/C20H24ClFN2O2/c21-18-3-6-20(26-15-16-1-4-19(22)5-2-16)17(13-18)14-23-7-8-24-9-11-25-12-10-24/h1-6,13,23H,7-12,14-15H2. The fraction of sp³-hybridized carbons (Fsp3) is 0.400. The summed E-state index contributed by atoms with van der Waals surface area (Å²) in [4.78, 5) is 2.39. The number of ether oxygens (including phenoxy) is 2. The molecule has 0 amide bonds. The molecule has 6 heteroatoms. The fourth-order valence-electron chi connectivity index (χ4n) is 2.85. The smallest absolute Gasteiger partial charge is 0.124 e. The molecule has 4 nitrogen and oxygen atoms in total. The average Bonchev–Trinajstić information content (AvgIpc) is 2.67. The van der Waals surface area contributed by atoms with Gasteiger partial charge in [0.2, 0.25) is 0 Å². The van der Waals surface area contributed by atoms with Crippen LogP contribution in [0.15, 0.2) is 42.5 Å². The molecular formula is C20H24ClFN2O2. The monoisotopic (exact) mass is 378 g/mol. The van der Waals surface area contributed by atoms with Gasteiger partial charge in [0.15, 0.2) is 0 Å². The van der Waals surface area contributed by atoms with Crippen LogP contribution in [0.4, 0.5) is 4.39 Å². The number of nitrogens with one attached hydrogen (secondary N) is 1. The maximum atomic E-state index is 13.0. The lowest BCUT2D eigenvalue weighted by molar-refractivity contribution is 0.0384. The van der Waals surface area contributed by atoms with Crippen molar-refractivity contribution in [2.24, 2.45) is 0 Å². The van der Waals surface area contributed by atoms with Crippen LogP contribution >= 0.6 is 11.6 Å². The summed E-state index contributed by atoms with van der Waals surface area (Å²) in [5.74, 6) is 0.544. The SMILES string of the molecule is Fc1ccc(COc2ccc(Cl)cc2CNCCN2CCOCC2)cc1. The first-order chi connectivity index (χ1) is 12.7. The molecule has 1 heterocycles. The van der Waals surface area contributed by atoms with Gasteiger partial charge in [0.05, 0.1) is 13.2 Å². The second-order valence-electron chi connectivity index (χ2n) is 6.30. The molecule has 0 radical (unpaired) electrons. The van der Waals surface area contributed by atoms with Crippen LogP contribution in [0.5, 0.6) is 5.75 Å². The summed E-state index contributed by atoms with van der Waals surface area (Å²) in [5, 5.41) is 4.14. The van der Waals surface area contributed by atoms with Crippen molar-refractivity contribution in [1.82, 2.24) is 10.2 Å². The Morgan fingerprint density at radius 3 is 2.65 bits per heavy atom. The predicted octanol–water partition coefficient (Wildman–Crippen LogP) is 3.48. The summed E-state index contributed by atoms with van der Waals surface area (Å²) in [6.07, 6.45) is 0. The van der Waals surface area contributed by atoms with E-state index in [-0.39, 0.29) is 5.82 Å². The molecule has 1 aliphatic heterocycles. The molecule has 1 aliphatic rings. The Labute approximate surface area is 158 Å². The summed E-state index contributed by atoms with van der Waals surface area (Å²) in [6.45, 7) is 6.58. The number of nitrogens with zero attached hydrogens (tertiary/aromatic N) is 1. The minimum atomic E-state index is -0.245. The van der Waals surface area contributed by atoms with Crippen LogP contribution in [0, 0.1) is 5.82 Å². The zero-order valence-corrected chi connectivity index (χ0v) is 15.5. The van der Waals surface area contributed by atoms with Crippen LogP contribution in [-0.4, -0.2) is 44.3 Å². The molecule has 1 N–H and O–H groups in total. The van der Waals surface area contributed by atoms with Gasteiger partial charge in [-0.15, -0.1) is 0 Å². The van der Waals surface area contributed by atoms with Crippen molar-refractivity contribution in [3.05, 3.63) is 64.4 Å². The van der Waals surface area contributed by atoms with Crippen LogP contribution in [-0.2, 0) is 17.9 Å². The number of rotatable bonds is 8. The molecule has 140 valence electrons. The van der Waals surface area contributed by atoms with Gasteiger partial charge in [0, 0.05) is 43.3 Å². The van der Waals surface area contributed by atoms with Crippen LogP contribution in [0.3, 0.4) is 0 Å². The van der Waals surface area contributed by atoms with Gasteiger partial charge in [-0.3, -0.25) is 4.90 Å². The van der Waals surface area contributed by atoms with Crippen molar-refractivity contribution in [2.75, 3.05) is 39.4 Å². The predicted molar refractivity (Wildman–Crippen MR) is 101 cm³/mol. The van der Waals surface area contributed by atoms with E-state index in [1.54, 1.807) is 12.1 Å². The lowest BCUT2D eigenvalue weighted by Gasteiger charge is -2.26. The van der Waals surface area contributed by atoms with E-state index >= 15 is 0 Å². The molecule has 0 bridgehead atoms. The molecule has 0 spiro atoms. The highest BCUT2D eigenvalue weighted by Gasteiger charge is 2.10. The topological polar surface area (TPSA) is 33.7 Å². The zero-order valence-electron chi connectivity index (χ0n) is 14.7. The Hall–Kier alpha value is -1.66. The Kier molecular flexibility index (Phi) is 7.26. The number of hydrogen-bond acceptors (Lipinski definition) is 4. The average molecular weight is 379 g/mol. The van der Waals surface area contributed by atoms with Crippen molar-refractivity contribution in [3.63, 3.8) is 0 Å². The highest BCUT2D eigenvalue weighted by atomic mass is 35.5. The van der Waals surface area contributed by atoms with Gasteiger partial charge in [-0.25, -0.2) is 4.39 Å². The van der Waals surface area contributed by atoms with Gasteiger partial charge in [-0.2, -0.15) is 0 Å². The summed E-state index contributed by atoms with van der Waals surface area (Å²) < 4.78 is 24.3. The van der Waals surface area contributed by atoms with Gasteiger partial charge >= 0.3 is 0 Å². The third-order valence-electron chi connectivity index (χ3n) is 4.35. The summed E-state index contributed by atoms with van der Waals surface area (Å²) in [5.41, 5.74) is 1.94. The van der Waals surface area contributed by atoms with E-state index in [1.807, 2.05) is 18.2 Å². The van der Waals surface area contributed by atoms with Crippen molar-refractivity contribution in [2.45, 2.75) is 13.2 Å². The molecule has 0 atom stereocenters. The molecule has 1 saturated heterocycles. The largest absolute Gasteiger partial charge is 0.489 e. The summed E-state index contributed by atoms with van der Waals surface area (Å²) in [6, 6.07) is 12.0. The number of hydrogen-bond donors (Lipinski definition) is 1. The van der Waals surface area contributed by atoms with Crippen molar-refractivity contribution >= 4 is 11.6 Å². The zero-order chi connectivity index (χ0) is 18.2. The molecule has 1 fully saturated rings. The molecule has 2 aromatic rings. The van der Waals surface area contributed by atoms with Crippen molar-refractivity contribution < 1.29 is 13.9 Å². The lowest BCUT2D eigenvalue weighted by Crippen LogP contribution is -2.40. The van der Waals surface area contributed by atoms with Crippen LogP contribution in [0.2, 0.25) is 5.02 Å². The second kappa shape index (κ2) is 9.88. The van der Waals surface area contributed by atoms with Crippen molar-refractivity contribution in [1.29, 1.82) is 0 Å². The van der Waals surface area contributed by atoms with E-state index in [2.05, 4.69) is 10.2 Å². The van der Waals surface area contributed by atoms with Crippen molar-refractivity contribution in [3.8, 4) is 5.75 Å². The second-order valence-corrected chi connectivity index (χ2v) is 6.73. The molecule has 3 rings (SSSR count). The van der Waals surface area contributed by atoms with E-state index in [0.717, 1.165) is 56.3 Å². The van der Waals surface area contributed by atoms with Crippen LogP contribution in [0.1, 0.15) is 11.1 Å². The first kappa shape index (κ1) is 19.1. The minimum absolute atomic E-state index is 0.245. The molecule has 0 aliphatic carbocycles. The minimum Gasteiger partial charge on any atom is -0.489 e. The van der Waals surface area contributed by atoms with E-state index in [1.165, 1.54) is 12.1 Å². The Bertz CT molecular complexity index is 691. The van der Waals surface area contributed by atoms with Gasteiger partial charge in [0.1, 0.15) is 18.2 Å². The third-order valence-corrected chi connectivity index (χ3v) is 4.59. The number of benzene rings is 2. The van der Waals surface area contributed by atoms with Gasteiger partial charge in [0.25, 0.3) is 0 Å². The summed E-state index contributed by atoms with van der Waals surface area (Å²) in [7, 11) is 0. The highest BCUT2D eigenvalue weighted by molar-refractivity contribution is 6.30. The number of morpholine rings is 1. The third kappa shape index (κ3) is 5.95. The molecule has 0 saturated carbocycles. The molecule has 0 unspecified atom stereocenters. The molecule has 26 heavy (non-hydrogen) atoms. The maximum absolute atomic E-state index is 13.0. The van der Waals surface area contributed by atoms with E-state index in [9.17, 15) is 4.39 Å². The number of halogens is 2. The molecular weight excluding hydrogens is 355 g/mol. The first-order valence-corrected chi connectivity index (χ1v) is 9.25. The maximum Gasteiger partial charge on any atom is 0.124 e. The van der Waals surface area contributed by atoms with Gasteiger partial charge in [-0.1, -0.05) is 23.7 Å². The fourth-order valence-corrected chi connectivity index (χ4v) is 3.05. The van der Waals surface area contributed by atoms with E-state index in [4.69, 9.17) is 21.1 Å². The quantitative estimate of drug-likeness (QED) is 0.713. The summed E-state index contributed by atoms with van der Waals surface area (Å²) >= 11 is 6.14. The van der Waals surface area contributed by atoms with E-state index < -0.39 is 0 Å². The normalized spacial score (nSPS) is 15.2. The van der Waals surface area contributed by atoms with Crippen LogP contribution in [0.25, 0.3) is 0 Å². The Morgan fingerprint density at radius 1 is 1.12 bits per heavy atom. The Morgan fingerprint density at radius 2 is 1.88 bits per heavy atom. The first-order valence-electron chi connectivity index (χ1n) is 8.87. The van der Waals surface area contributed by atoms with Crippen LogP contribution < -0.4 is 10.1 Å². The van der Waals surface area contributed by atoms with Gasteiger partial charge < -0.3 is 14.8 Å². The van der Waals surface area contributed by atoms with Gasteiger partial charge in [-0.05, 0) is 35.9 Å². The lowest BCUT2D eigenvalue weighted by atomic mass is 10.2.